The second-order valence-corrected chi connectivity index (χ2v) is 26.2. The number of pyridine rings is 6. The Kier molecular flexibility index (Phi) is 15.5. The third-order valence-corrected chi connectivity index (χ3v) is 19.1. The highest BCUT2D eigenvalue weighted by atomic mass is 35.5. The van der Waals surface area contributed by atoms with E-state index in [0.717, 1.165) is 53.8 Å². The number of aryl methyl sites for hydroxylation is 2. The monoisotopic (exact) mass is 1210 g/mol. The van der Waals surface area contributed by atoms with Crippen molar-refractivity contribution in [3.8, 4) is 45.4 Å². The molecule has 10 heterocycles. The first-order chi connectivity index (χ1) is 40.3. The van der Waals surface area contributed by atoms with Gasteiger partial charge in [-0.05, 0) is 111 Å². The second-order valence-electron chi connectivity index (χ2n) is 23.5. The summed E-state index contributed by atoms with van der Waals surface area (Å²) in [5, 5.41) is 23.8. The van der Waals surface area contributed by atoms with Gasteiger partial charge in [-0.1, -0.05) is 76.5 Å². The topological polar surface area (TPSA) is 186 Å². The van der Waals surface area contributed by atoms with Gasteiger partial charge in [0.05, 0.1) is 72.7 Å². The number of hydrogen-bond acceptors (Lipinski definition) is 14. The summed E-state index contributed by atoms with van der Waals surface area (Å²) >= 11 is 13.7. The van der Waals surface area contributed by atoms with Crippen LogP contribution in [0.4, 0.5) is 31.5 Å². The molecule has 2 fully saturated rings. The molecular formula is C63H67Cl2F2N11O6S. The average molecular weight is 1220 g/mol. The van der Waals surface area contributed by atoms with Gasteiger partial charge in [0.25, 0.3) is 11.1 Å². The van der Waals surface area contributed by atoms with Crippen LogP contribution in [0.2, 0.25) is 10.0 Å². The molecule has 0 amide bonds. The molecule has 2 aromatic carbocycles. The fourth-order valence-electron chi connectivity index (χ4n) is 13.0. The van der Waals surface area contributed by atoms with Crippen LogP contribution >= 0.6 is 23.2 Å². The molecule has 12 rings (SSSR count). The van der Waals surface area contributed by atoms with Crippen molar-refractivity contribution in [3.63, 3.8) is 0 Å². The summed E-state index contributed by atoms with van der Waals surface area (Å²) in [6, 6.07) is 14.7. The average Bonchev–Trinajstić information content (AvgIpc) is 1.88. The molecule has 4 aliphatic rings. The minimum atomic E-state index is -3.69. The Morgan fingerprint density at radius 1 is 0.635 bits per heavy atom. The van der Waals surface area contributed by atoms with Crippen LogP contribution in [-0.2, 0) is 10.0 Å². The zero-order chi connectivity index (χ0) is 61.0. The summed E-state index contributed by atoms with van der Waals surface area (Å²) < 4.78 is 60.6. The number of hydrogen-bond donors (Lipinski definition) is 2. The van der Waals surface area contributed by atoms with Crippen LogP contribution in [0.5, 0.6) is 11.5 Å². The number of likely N-dealkylation sites (N-methyl/N-ethyl adjacent to an activating group) is 2. The van der Waals surface area contributed by atoms with E-state index >= 15 is 8.78 Å². The standard InChI is InChI=1S/C32H34ClFN6O4S.C31H33ClFN5O2/c1-7-45(43,44)39-16-20-15-37(6)30-29(38(20)14-19(39)5)21-13-22(33)27(25-23(34)9-8-10-24(25)41)36-31(21)40(32(30)42)28-18(4)11-12-35-26(28)17(2)3;1-16(2)25-27(18(4)11-12-34-25)38-30-20(13-21(32)26(35-30)24-22(33)7-6-8-23(24)39)28-29(31(38)40)36(5)15-19-10-9-17(3)14-37(19)28/h7-13,17,19-20,41H,1,14-16H2,2-6H3;6-8,11-13,16-17,19,39H,9-10,14-15H2,1-5H3/t19-,20+;17-,19+/m10/s1. The normalized spacial score (nSPS) is 18.8. The number of piperidine rings is 1. The van der Waals surface area contributed by atoms with E-state index in [1.165, 1.54) is 45.3 Å². The molecule has 2 saturated heterocycles. The Bertz CT molecular complexity index is 4270. The molecule has 0 saturated carbocycles. The predicted molar refractivity (Wildman–Crippen MR) is 335 cm³/mol. The number of nitrogens with zero attached hydrogens (tertiary/aromatic N) is 11. The number of aromatic nitrogens is 6. The highest BCUT2D eigenvalue weighted by Gasteiger charge is 2.44. The van der Waals surface area contributed by atoms with E-state index in [1.54, 1.807) is 36.1 Å². The number of rotatable bonds is 8. The summed E-state index contributed by atoms with van der Waals surface area (Å²) in [6.45, 7) is 21.9. The first-order valence-corrected chi connectivity index (χ1v) is 30.7. The third kappa shape index (κ3) is 9.91. The van der Waals surface area contributed by atoms with Crippen molar-refractivity contribution in [1.82, 2.24) is 33.4 Å². The van der Waals surface area contributed by atoms with Gasteiger partial charge in [-0.3, -0.25) is 28.7 Å². The first kappa shape index (κ1) is 59.1. The van der Waals surface area contributed by atoms with Crippen LogP contribution in [0.1, 0.15) is 88.7 Å². The van der Waals surface area contributed by atoms with E-state index in [2.05, 4.69) is 38.2 Å². The third-order valence-electron chi connectivity index (χ3n) is 17.0. The number of piperazine rings is 1. The van der Waals surface area contributed by atoms with Gasteiger partial charge in [-0.25, -0.2) is 27.2 Å². The summed E-state index contributed by atoms with van der Waals surface area (Å²) in [7, 11) is 0.0767. The highest BCUT2D eigenvalue weighted by molar-refractivity contribution is 7.92. The number of phenols is 2. The molecular weight excluding hydrogens is 1150 g/mol. The molecule has 444 valence electrons. The summed E-state index contributed by atoms with van der Waals surface area (Å²) in [4.78, 5) is 56.8. The van der Waals surface area contributed by atoms with Crippen molar-refractivity contribution < 1.29 is 27.4 Å². The van der Waals surface area contributed by atoms with E-state index < -0.39 is 27.7 Å². The van der Waals surface area contributed by atoms with Gasteiger partial charge in [0, 0.05) is 87.5 Å². The summed E-state index contributed by atoms with van der Waals surface area (Å²) in [6.07, 6.45) is 5.60. The molecule has 0 aliphatic carbocycles. The zero-order valence-corrected chi connectivity index (χ0v) is 51.3. The van der Waals surface area contributed by atoms with Crippen LogP contribution in [0.15, 0.2) is 94.6 Å². The maximum absolute atomic E-state index is 15.2. The van der Waals surface area contributed by atoms with E-state index in [4.69, 9.17) is 33.2 Å². The maximum Gasteiger partial charge on any atom is 0.282 e. The van der Waals surface area contributed by atoms with E-state index in [1.807, 2.05) is 72.5 Å². The Morgan fingerprint density at radius 2 is 1.08 bits per heavy atom. The van der Waals surface area contributed by atoms with Crippen molar-refractivity contribution in [1.29, 1.82) is 0 Å². The molecule has 0 bridgehead atoms. The number of fused-ring (bicyclic) bond motifs is 10. The first-order valence-electron chi connectivity index (χ1n) is 28.4. The number of aromatic hydroxyl groups is 2. The maximum atomic E-state index is 15.2. The quantitative estimate of drug-likeness (QED) is 0.146. The lowest BCUT2D eigenvalue weighted by atomic mass is 9.90. The minimum Gasteiger partial charge on any atom is -0.507 e. The number of halogens is 4. The zero-order valence-electron chi connectivity index (χ0n) is 49.0. The van der Waals surface area contributed by atoms with Crippen LogP contribution in [-0.4, -0.2) is 117 Å². The molecule has 0 radical (unpaired) electrons. The summed E-state index contributed by atoms with van der Waals surface area (Å²) in [5.41, 5.74) is 6.50. The van der Waals surface area contributed by atoms with Gasteiger partial charge in [0.1, 0.15) is 34.5 Å². The van der Waals surface area contributed by atoms with Crippen molar-refractivity contribution in [2.75, 3.05) is 66.4 Å². The number of phenolic OH excluding ortho intramolecular Hbond substituents is 2. The molecule has 85 heavy (non-hydrogen) atoms. The molecule has 0 unspecified atom stereocenters. The Hall–Kier alpha value is -7.65. The molecule has 22 heteroatoms. The molecule has 6 aromatic heterocycles. The van der Waals surface area contributed by atoms with Gasteiger partial charge >= 0.3 is 0 Å². The second kappa shape index (κ2) is 22.3. The van der Waals surface area contributed by atoms with E-state index in [9.17, 15) is 28.2 Å². The molecule has 8 aromatic rings. The van der Waals surface area contributed by atoms with Crippen molar-refractivity contribution in [2.45, 2.75) is 98.2 Å². The van der Waals surface area contributed by atoms with Crippen molar-refractivity contribution >= 4 is 78.0 Å². The van der Waals surface area contributed by atoms with Crippen LogP contribution in [0.3, 0.4) is 0 Å². The predicted octanol–water partition coefficient (Wildman–Crippen LogP) is 11.6. The molecule has 0 spiro atoms. The molecule has 17 nitrogen and oxygen atoms in total. The van der Waals surface area contributed by atoms with Gasteiger partial charge in [-0.15, -0.1) is 0 Å². The van der Waals surface area contributed by atoms with Crippen LogP contribution < -0.4 is 30.7 Å². The highest BCUT2D eigenvalue weighted by Crippen LogP contribution is 2.48. The lowest BCUT2D eigenvalue weighted by molar-refractivity contribution is 0.267. The number of benzene rings is 2. The van der Waals surface area contributed by atoms with Crippen molar-refractivity contribution in [2.24, 2.45) is 5.92 Å². The van der Waals surface area contributed by atoms with Gasteiger partial charge < -0.3 is 29.8 Å². The lowest BCUT2D eigenvalue weighted by Gasteiger charge is -2.50. The smallest absolute Gasteiger partial charge is 0.282 e. The minimum absolute atomic E-state index is 0.0171. The number of sulfonamides is 1. The summed E-state index contributed by atoms with van der Waals surface area (Å²) in [5.74, 6) is -1.54. The van der Waals surface area contributed by atoms with Crippen LogP contribution in [0, 0.1) is 31.4 Å². The van der Waals surface area contributed by atoms with Crippen LogP contribution in [0.25, 0.3) is 56.0 Å². The molecule has 4 aliphatic heterocycles. The Balaban J connectivity index is 0.000000178. The molecule has 4 atom stereocenters. The number of anilines is 4. The Morgan fingerprint density at radius 3 is 1.52 bits per heavy atom. The van der Waals surface area contributed by atoms with Gasteiger partial charge in [-0.2, -0.15) is 4.31 Å². The van der Waals surface area contributed by atoms with Crippen molar-refractivity contribution in [3.05, 3.63) is 150 Å². The lowest BCUT2D eigenvalue weighted by Crippen LogP contribution is -2.63. The molecule has 2 N–H and O–H groups in total. The van der Waals surface area contributed by atoms with E-state index in [0.29, 0.717) is 69.6 Å². The van der Waals surface area contributed by atoms with E-state index in [-0.39, 0.29) is 91.3 Å². The Labute approximate surface area is 502 Å². The van der Waals surface area contributed by atoms with Gasteiger partial charge in [0.2, 0.25) is 10.0 Å². The largest absolute Gasteiger partial charge is 0.507 e. The van der Waals surface area contributed by atoms with Gasteiger partial charge in [0.15, 0.2) is 11.3 Å². The fourth-order valence-corrected chi connectivity index (χ4v) is 14.6. The fraction of sp³-hybridized carbons (Fsp3) is 0.365. The SMILES string of the molecule is C=CS(=O)(=O)N1C[C@@H]2CN(C)c3c(c4cc(Cl)c(-c5c(O)cccc5F)nc4n(-c4c(C)ccnc4C(C)C)c3=O)N2C[C@H]1C.Cc1ccnc(C(C)C)c1-n1c(=O)c2c(c3cc(Cl)c(-c4c(O)cccc4F)nc31)N1C[C@@H](C)CC[C@@H]1CN2C.